The Bertz CT molecular complexity index is 558. The van der Waals surface area contributed by atoms with Gasteiger partial charge < -0.3 is 25.2 Å². The molecule has 0 amide bonds. The fraction of sp³-hybridized carbons (Fsp3) is 0.632. The number of halogens is 1. The first-order valence-electron chi connectivity index (χ1n) is 9.24. The monoisotopic (exact) mass is 475 g/mol. The fourth-order valence-corrected chi connectivity index (χ4v) is 3.42. The zero-order chi connectivity index (χ0) is 17.5. The second kappa shape index (κ2) is 11.1. The van der Waals surface area contributed by atoms with Crippen molar-refractivity contribution >= 4 is 29.9 Å². The molecule has 4 unspecified atom stereocenters. The zero-order valence-electron chi connectivity index (χ0n) is 15.3. The lowest BCUT2D eigenvalue weighted by molar-refractivity contribution is 0.0331. The van der Waals surface area contributed by atoms with Crippen LogP contribution in [-0.2, 0) is 16.1 Å². The van der Waals surface area contributed by atoms with E-state index in [-0.39, 0.29) is 30.6 Å². The predicted octanol–water partition coefficient (Wildman–Crippen LogP) is 2.06. The van der Waals surface area contributed by atoms with E-state index in [0.29, 0.717) is 31.4 Å². The first-order chi connectivity index (χ1) is 12.2. The van der Waals surface area contributed by atoms with E-state index in [0.717, 1.165) is 30.9 Å². The van der Waals surface area contributed by atoms with Crippen molar-refractivity contribution in [3.63, 3.8) is 0 Å². The Morgan fingerprint density at radius 2 is 2.15 bits per heavy atom. The van der Waals surface area contributed by atoms with Crippen molar-refractivity contribution in [2.75, 3.05) is 19.7 Å². The highest BCUT2D eigenvalue weighted by molar-refractivity contribution is 14.0. The minimum atomic E-state index is -0.615. The molecule has 0 saturated carbocycles. The van der Waals surface area contributed by atoms with Crippen LogP contribution in [0.3, 0.4) is 0 Å². The summed E-state index contributed by atoms with van der Waals surface area (Å²) in [7, 11) is 0. The number of nitrogens with one attached hydrogen (secondary N) is 2. The Morgan fingerprint density at radius 3 is 2.81 bits per heavy atom. The third kappa shape index (κ3) is 6.37. The molecule has 2 aliphatic rings. The molecule has 146 valence electrons. The highest BCUT2D eigenvalue weighted by atomic mass is 127. The number of benzene rings is 1. The number of aliphatic hydroxyl groups is 1. The lowest BCUT2D eigenvalue weighted by atomic mass is 9.96. The number of fused-ring (bicyclic) bond motifs is 2. The second-order valence-corrected chi connectivity index (χ2v) is 6.73. The fourth-order valence-electron chi connectivity index (χ4n) is 3.42. The van der Waals surface area contributed by atoms with Gasteiger partial charge >= 0.3 is 0 Å². The predicted molar refractivity (Wildman–Crippen MR) is 113 cm³/mol. The van der Waals surface area contributed by atoms with Crippen LogP contribution in [0, 0.1) is 0 Å². The van der Waals surface area contributed by atoms with Crippen molar-refractivity contribution in [3.05, 3.63) is 35.9 Å². The van der Waals surface area contributed by atoms with Gasteiger partial charge in [0.25, 0.3) is 0 Å². The van der Waals surface area contributed by atoms with Crippen LogP contribution in [0.1, 0.15) is 31.7 Å². The summed E-state index contributed by atoms with van der Waals surface area (Å²) in [5, 5.41) is 16.8. The van der Waals surface area contributed by atoms with Gasteiger partial charge in [-0.3, -0.25) is 4.99 Å². The highest BCUT2D eigenvalue weighted by Crippen LogP contribution is 2.34. The SMILES string of the molecule is CCNC(=NCC(O)COCc1ccccc1)NC1CC2CCC1O2.I. The van der Waals surface area contributed by atoms with E-state index in [1.807, 2.05) is 37.3 Å². The summed E-state index contributed by atoms with van der Waals surface area (Å²) in [4.78, 5) is 4.49. The molecule has 7 heteroatoms. The third-order valence-electron chi connectivity index (χ3n) is 4.65. The van der Waals surface area contributed by atoms with Crippen LogP contribution in [0.5, 0.6) is 0 Å². The van der Waals surface area contributed by atoms with E-state index in [4.69, 9.17) is 9.47 Å². The maximum Gasteiger partial charge on any atom is 0.191 e. The summed E-state index contributed by atoms with van der Waals surface area (Å²) >= 11 is 0. The number of guanidine groups is 1. The number of hydrogen-bond acceptors (Lipinski definition) is 4. The van der Waals surface area contributed by atoms with Crippen LogP contribution in [0.2, 0.25) is 0 Å². The number of ether oxygens (including phenoxy) is 2. The molecule has 4 atom stereocenters. The molecule has 1 aromatic carbocycles. The van der Waals surface area contributed by atoms with Crippen LogP contribution in [0.4, 0.5) is 0 Å². The average molecular weight is 475 g/mol. The standard InChI is InChI=1S/C19H29N3O3.HI/c1-2-20-19(22-17-10-16-8-9-18(17)25-16)21-11-15(23)13-24-12-14-6-4-3-5-7-14;/h3-7,15-18,23H,2,8-13H2,1H3,(H2,20,21,22);1H. The number of nitrogens with zero attached hydrogens (tertiary/aromatic N) is 1. The van der Waals surface area contributed by atoms with Crippen molar-refractivity contribution < 1.29 is 14.6 Å². The van der Waals surface area contributed by atoms with Crippen LogP contribution >= 0.6 is 24.0 Å². The van der Waals surface area contributed by atoms with Gasteiger partial charge in [0.2, 0.25) is 0 Å². The first kappa shape index (κ1) is 21.4. The third-order valence-corrected chi connectivity index (χ3v) is 4.65. The minimum absolute atomic E-state index is 0. The Kier molecular flexibility index (Phi) is 9.10. The smallest absolute Gasteiger partial charge is 0.191 e. The van der Waals surface area contributed by atoms with E-state index in [2.05, 4.69) is 15.6 Å². The maximum absolute atomic E-state index is 10.1. The van der Waals surface area contributed by atoms with Crippen LogP contribution < -0.4 is 10.6 Å². The summed E-state index contributed by atoms with van der Waals surface area (Å²) in [5.41, 5.74) is 1.10. The summed E-state index contributed by atoms with van der Waals surface area (Å²) in [6, 6.07) is 10.3. The minimum Gasteiger partial charge on any atom is -0.389 e. The van der Waals surface area contributed by atoms with Crippen LogP contribution in [0.15, 0.2) is 35.3 Å². The molecule has 2 bridgehead atoms. The van der Waals surface area contributed by atoms with Gasteiger partial charge in [-0.1, -0.05) is 30.3 Å². The Balaban J connectivity index is 0.00000243. The van der Waals surface area contributed by atoms with Crippen molar-refractivity contribution in [1.82, 2.24) is 10.6 Å². The maximum atomic E-state index is 10.1. The Labute approximate surface area is 172 Å². The van der Waals surface area contributed by atoms with Gasteiger partial charge in [0.1, 0.15) is 0 Å². The summed E-state index contributed by atoms with van der Waals surface area (Å²) in [5.74, 6) is 0.741. The van der Waals surface area contributed by atoms with Crippen molar-refractivity contribution in [2.45, 2.75) is 57.1 Å². The van der Waals surface area contributed by atoms with Gasteiger partial charge in [-0.15, -0.1) is 24.0 Å². The van der Waals surface area contributed by atoms with E-state index in [9.17, 15) is 5.11 Å². The van der Waals surface area contributed by atoms with Crippen molar-refractivity contribution in [2.24, 2.45) is 4.99 Å². The van der Waals surface area contributed by atoms with Gasteiger partial charge in [-0.05, 0) is 31.7 Å². The number of aliphatic hydroxyl groups excluding tert-OH is 1. The van der Waals surface area contributed by atoms with E-state index < -0.39 is 6.10 Å². The van der Waals surface area contributed by atoms with Gasteiger partial charge in [-0.25, -0.2) is 0 Å². The van der Waals surface area contributed by atoms with Gasteiger partial charge in [0.05, 0.1) is 44.1 Å². The lowest BCUT2D eigenvalue weighted by Gasteiger charge is -2.23. The molecule has 1 aromatic rings. The largest absolute Gasteiger partial charge is 0.389 e. The molecule has 0 spiro atoms. The summed E-state index contributed by atoms with van der Waals surface area (Å²) in [6.07, 6.45) is 3.43. The molecule has 2 fully saturated rings. The van der Waals surface area contributed by atoms with Crippen LogP contribution in [0.25, 0.3) is 0 Å². The number of rotatable bonds is 8. The zero-order valence-corrected chi connectivity index (χ0v) is 17.6. The topological polar surface area (TPSA) is 75.1 Å². The van der Waals surface area contributed by atoms with Gasteiger partial charge in [0, 0.05) is 6.54 Å². The molecule has 0 aliphatic carbocycles. The molecular weight excluding hydrogens is 445 g/mol. The molecule has 6 nitrogen and oxygen atoms in total. The van der Waals surface area contributed by atoms with E-state index in [1.54, 1.807) is 0 Å². The van der Waals surface area contributed by atoms with E-state index >= 15 is 0 Å². The lowest BCUT2D eigenvalue weighted by Crippen LogP contribution is -2.47. The summed E-state index contributed by atoms with van der Waals surface area (Å²) < 4.78 is 11.4. The normalized spacial score (nSPS) is 25.6. The van der Waals surface area contributed by atoms with E-state index in [1.165, 1.54) is 6.42 Å². The van der Waals surface area contributed by atoms with Crippen molar-refractivity contribution in [1.29, 1.82) is 0 Å². The average Bonchev–Trinajstić information content (AvgIpc) is 3.24. The summed E-state index contributed by atoms with van der Waals surface area (Å²) in [6.45, 7) is 3.91. The number of hydrogen-bond donors (Lipinski definition) is 3. The molecule has 0 aromatic heterocycles. The molecular formula is C19H30IN3O3. The first-order valence-corrected chi connectivity index (χ1v) is 9.24. The van der Waals surface area contributed by atoms with Gasteiger partial charge in [-0.2, -0.15) is 0 Å². The molecule has 2 saturated heterocycles. The highest BCUT2D eigenvalue weighted by Gasteiger charge is 2.41. The van der Waals surface area contributed by atoms with Gasteiger partial charge in [0.15, 0.2) is 5.96 Å². The Hall–Kier alpha value is -0.900. The second-order valence-electron chi connectivity index (χ2n) is 6.73. The molecule has 2 aliphatic heterocycles. The number of aliphatic imine (C=N–C) groups is 1. The molecule has 26 heavy (non-hydrogen) atoms. The van der Waals surface area contributed by atoms with Crippen molar-refractivity contribution in [3.8, 4) is 0 Å². The molecule has 0 radical (unpaired) electrons. The molecule has 3 rings (SSSR count). The molecule has 2 heterocycles. The molecule has 3 N–H and O–H groups in total. The quantitative estimate of drug-likeness (QED) is 0.305. The van der Waals surface area contributed by atoms with Crippen LogP contribution in [-0.4, -0.2) is 55.1 Å². The Morgan fingerprint density at radius 1 is 1.35 bits per heavy atom.